The van der Waals surface area contributed by atoms with Crippen LogP contribution < -0.4 is 19.5 Å². The van der Waals surface area contributed by atoms with Gasteiger partial charge in [-0.15, -0.1) is 0 Å². The lowest BCUT2D eigenvalue weighted by Gasteiger charge is -2.13. The molecule has 0 saturated carbocycles. The Kier molecular flexibility index (Phi) is 9.33. The highest BCUT2D eigenvalue weighted by atomic mass is 32.2. The molecule has 2 aromatic carbocycles. The summed E-state index contributed by atoms with van der Waals surface area (Å²) >= 11 is 0. The molecule has 0 spiro atoms. The van der Waals surface area contributed by atoms with Crippen molar-refractivity contribution in [2.24, 2.45) is 0 Å². The summed E-state index contributed by atoms with van der Waals surface area (Å²) in [5.74, 6) is 0.863. The van der Waals surface area contributed by atoms with Gasteiger partial charge in [0.2, 0.25) is 10.0 Å². The fourth-order valence-electron chi connectivity index (χ4n) is 2.91. The van der Waals surface area contributed by atoms with E-state index in [1.165, 1.54) is 0 Å². The van der Waals surface area contributed by atoms with Gasteiger partial charge in [0, 0.05) is 18.2 Å². The van der Waals surface area contributed by atoms with Crippen LogP contribution in [0.4, 0.5) is 0 Å². The topological polar surface area (TPSA) is 93.7 Å². The van der Waals surface area contributed by atoms with E-state index in [0.717, 1.165) is 12.0 Å². The zero-order chi connectivity index (χ0) is 22.9. The van der Waals surface area contributed by atoms with Gasteiger partial charge in [-0.3, -0.25) is 4.79 Å². The molecule has 0 heterocycles. The van der Waals surface area contributed by atoms with Crippen molar-refractivity contribution in [2.75, 3.05) is 13.2 Å². The second kappa shape index (κ2) is 11.7. The van der Waals surface area contributed by atoms with Crippen molar-refractivity contribution in [1.29, 1.82) is 0 Å². The zero-order valence-corrected chi connectivity index (χ0v) is 19.4. The molecule has 170 valence electrons. The highest BCUT2D eigenvalue weighted by molar-refractivity contribution is 7.88. The Hall–Kier alpha value is -2.58. The first-order chi connectivity index (χ1) is 14.7. The molecule has 2 aromatic rings. The van der Waals surface area contributed by atoms with Crippen molar-refractivity contribution >= 4 is 15.9 Å². The lowest BCUT2D eigenvalue weighted by atomic mass is 10.1. The largest absolute Gasteiger partial charge is 0.490 e. The van der Waals surface area contributed by atoms with Gasteiger partial charge in [-0.2, -0.15) is 0 Å². The minimum absolute atomic E-state index is 0.0789. The molecule has 0 atom stereocenters. The molecule has 2 rings (SSSR count). The van der Waals surface area contributed by atoms with Gasteiger partial charge >= 0.3 is 0 Å². The van der Waals surface area contributed by atoms with Crippen LogP contribution in [0.1, 0.15) is 55.6 Å². The fraction of sp³-hybridized carbons (Fsp3) is 0.435. The summed E-state index contributed by atoms with van der Waals surface area (Å²) in [5, 5.41) is 2.88. The smallest absolute Gasteiger partial charge is 0.251 e. The third-order valence-corrected chi connectivity index (χ3v) is 5.76. The van der Waals surface area contributed by atoms with E-state index in [-0.39, 0.29) is 17.7 Å². The molecular weight excluding hydrogens is 416 g/mol. The van der Waals surface area contributed by atoms with Crippen molar-refractivity contribution in [1.82, 2.24) is 10.0 Å². The highest BCUT2D eigenvalue weighted by Gasteiger charge is 2.14. The van der Waals surface area contributed by atoms with Crippen LogP contribution in [0.3, 0.4) is 0 Å². The summed E-state index contributed by atoms with van der Waals surface area (Å²) in [6.45, 7) is 8.85. The van der Waals surface area contributed by atoms with Crippen LogP contribution in [-0.4, -0.2) is 33.6 Å². The molecule has 0 unspecified atom stereocenters. The number of ether oxygens (including phenoxy) is 2. The SMILES string of the molecule is CCCOc1ccc(C(=O)NCc2ccc(CS(=O)(=O)NC(C)C)cc2)cc1OCC. The molecule has 0 saturated heterocycles. The second-order valence-electron chi connectivity index (χ2n) is 7.47. The van der Waals surface area contributed by atoms with Crippen LogP contribution in [-0.2, 0) is 22.3 Å². The summed E-state index contributed by atoms with van der Waals surface area (Å²) in [4.78, 5) is 12.6. The minimum Gasteiger partial charge on any atom is -0.490 e. The average Bonchev–Trinajstić information content (AvgIpc) is 2.71. The summed E-state index contributed by atoms with van der Waals surface area (Å²) in [5.41, 5.74) is 2.04. The number of carbonyl (C=O) groups excluding carboxylic acids is 1. The Morgan fingerprint density at radius 2 is 1.65 bits per heavy atom. The molecule has 8 heteroatoms. The number of amides is 1. The predicted octanol–water partition coefficient (Wildman–Crippen LogP) is 3.63. The number of hydrogen-bond donors (Lipinski definition) is 2. The van der Waals surface area contributed by atoms with Gasteiger partial charge in [0.05, 0.1) is 19.0 Å². The Balaban J connectivity index is 1.98. The van der Waals surface area contributed by atoms with E-state index in [0.29, 0.717) is 42.4 Å². The molecule has 31 heavy (non-hydrogen) atoms. The summed E-state index contributed by atoms with van der Waals surface area (Å²) in [7, 11) is -3.37. The molecule has 0 bridgehead atoms. The van der Waals surface area contributed by atoms with E-state index in [4.69, 9.17) is 9.47 Å². The summed E-state index contributed by atoms with van der Waals surface area (Å²) < 4.78 is 37.9. The molecular formula is C23H32N2O5S. The molecule has 2 N–H and O–H groups in total. The minimum atomic E-state index is -3.37. The first-order valence-electron chi connectivity index (χ1n) is 10.5. The van der Waals surface area contributed by atoms with Crippen LogP contribution in [0.5, 0.6) is 11.5 Å². The molecule has 0 aliphatic rings. The van der Waals surface area contributed by atoms with Gasteiger partial charge in [-0.05, 0) is 56.5 Å². The van der Waals surface area contributed by atoms with Crippen molar-refractivity contribution in [3.63, 3.8) is 0 Å². The molecule has 0 aromatic heterocycles. The Labute approximate surface area is 185 Å². The van der Waals surface area contributed by atoms with Gasteiger partial charge in [0.1, 0.15) is 0 Å². The third kappa shape index (κ3) is 8.22. The van der Waals surface area contributed by atoms with Gasteiger partial charge in [-0.25, -0.2) is 13.1 Å². The van der Waals surface area contributed by atoms with Crippen molar-refractivity contribution in [3.8, 4) is 11.5 Å². The van der Waals surface area contributed by atoms with E-state index >= 15 is 0 Å². The normalized spacial score (nSPS) is 11.4. The first kappa shape index (κ1) is 24.7. The van der Waals surface area contributed by atoms with Crippen molar-refractivity contribution in [2.45, 2.75) is 52.5 Å². The van der Waals surface area contributed by atoms with E-state index in [9.17, 15) is 13.2 Å². The predicted molar refractivity (Wildman–Crippen MR) is 122 cm³/mol. The van der Waals surface area contributed by atoms with E-state index < -0.39 is 10.0 Å². The molecule has 1 amide bonds. The molecule has 0 aliphatic carbocycles. The standard InChI is InChI=1S/C23H32N2O5S/c1-5-13-30-21-12-11-20(14-22(21)29-6-2)23(26)24-15-18-7-9-19(10-8-18)16-31(27,28)25-17(3)4/h7-12,14,17,25H,5-6,13,15-16H2,1-4H3,(H,24,26). The number of nitrogens with one attached hydrogen (secondary N) is 2. The molecule has 7 nitrogen and oxygen atoms in total. The second-order valence-corrected chi connectivity index (χ2v) is 9.23. The van der Waals surface area contributed by atoms with Crippen LogP contribution in [0.25, 0.3) is 0 Å². The number of sulfonamides is 1. The van der Waals surface area contributed by atoms with Gasteiger partial charge in [0.25, 0.3) is 5.91 Å². The highest BCUT2D eigenvalue weighted by Crippen LogP contribution is 2.28. The van der Waals surface area contributed by atoms with Gasteiger partial charge < -0.3 is 14.8 Å². The Morgan fingerprint density at radius 1 is 0.968 bits per heavy atom. The van der Waals surface area contributed by atoms with Crippen LogP contribution in [0.15, 0.2) is 42.5 Å². The van der Waals surface area contributed by atoms with Crippen molar-refractivity contribution in [3.05, 3.63) is 59.2 Å². The quantitative estimate of drug-likeness (QED) is 0.517. The maximum atomic E-state index is 12.6. The van der Waals surface area contributed by atoms with Crippen molar-refractivity contribution < 1.29 is 22.7 Å². The number of hydrogen-bond acceptors (Lipinski definition) is 5. The van der Waals surface area contributed by atoms with Gasteiger partial charge in [0.15, 0.2) is 11.5 Å². The summed E-state index contributed by atoms with van der Waals surface area (Å²) in [6, 6.07) is 12.1. The monoisotopic (exact) mass is 448 g/mol. The van der Waals surface area contributed by atoms with E-state index in [1.54, 1.807) is 44.2 Å². The lowest BCUT2D eigenvalue weighted by Crippen LogP contribution is -2.31. The molecule has 0 aliphatic heterocycles. The third-order valence-electron chi connectivity index (χ3n) is 4.22. The Bertz CT molecular complexity index is 956. The fourth-order valence-corrected chi connectivity index (χ4v) is 4.34. The summed E-state index contributed by atoms with van der Waals surface area (Å²) in [6.07, 6.45) is 0.882. The van der Waals surface area contributed by atoms with Crippen LogP contribution in [0.2, 0.25) is 0 Å². The maximum Gasteiger partial charge on any atom is 0.251 e. The zero-order valence-electron chi connectivity index (χ0n) is 18.6. The first-order valence-corrected chi connectivity index (χ1v) is 12.1. The Morgan fingerprint density at radius 3 is 2.26 bits per heavy atom. The lowest BCUT2D eigenvalue weighted by molar-refractivity contribution is 0.0950. The van der Waals surface area contributed by atoms with Gasteiger partial charge in [-0.1, -0.05) is 31.2 Å². The molecule has 0 radical (unpaired) electrons. The average molecular weight is 449 g/mol. The van der Waals surface area contributed by atoms with E-state index in [2.05, 4.69) is 10.0 Å². The number of carbonyl (C=O) groups is 1. The van der Waals surface area contributed by atoms with E-state index in [1.807, 2.05) is 26.0 Å². The molecule has 0 fully saturated rings. The maximum absolute atomic E-state index is 12.6. The number of benzene rings is 2. The van der Waals surface area contributed by atoms with Crippen LogP contribution >= 0.6 is 0 Å². The number of rotatable bonds is 12. The van der Waals surface area contributed by atoms with Crippen LogP contribution in [0, 0.1) is 0 Å².